The summed E-state index contributed by atoms with van der Waals surface area (Å²) >= 11 is 1.61. The van der Waals surface area contributed by atoms with Gasteiger partial charge in [-0.25, -0.2) is 0 Å². The van der Waals surface area contributed by atoms with Crippen LogP contribution in [0.1, 0.15) is 33.6 Å². The van der Waals surface area contributed by atoms with Gasteiger partial charge in [-0.05, 0) is 6.42 Å². The maximum Gasteiger partial charge on any atom is 0.389 e. The first-order valence-corrected chi connectivity index (χ1v) is 5.79. The van der Waals surface area contributed by atoms with E-state index in [2.05, 4.69) is 5.43 Å². The number of halogens is 3. The lowest BCUT2D eigenvalue weighted by atomic mass is 10.2. The lowest BCUT2D eigenvalue weighted by Crippen LogP contribution is -2.38. The molecule has 0 bridgehead atoms. The van der Waals surface area contributed by atoms with Crippen molar-refractivity contribution in [3.63, 3.8) is 0 Å². The molecule has 0 aromatic rings. The summed E-state index contributed by atoms with van der Waals surface area (Å²) in [5, 5.41) is 0. The quantitative estimate of drug-likeness (QED) is 0.577. The van der Waals surface area contributed by atoms with E-state index in [4.69, 9.17) is 5.84 Å². The third-order valence-electron chi connectivity index (χ3n) is 1.73. The molecule has 0 aliphatic heterocycles. The summed E-state index contributed by atoms with van der Waals surface area (Å²) < 4.78 is 35.9. The largest absolute Gasteiger partial charge is 0.389 e. The van der Waals surface area contributed by atoms with Gasteiger partial charge in [0.1, 0.15) is 0 Å². The standard InChI is InChI=1S/C9H19F3N2S/c1-8(2,3)15-6-7(14-13)4-5-9(10,11)12/h7,14H,4-6,13H2,1-3H3. The third kappa shape index (κ3) is 10.3. The fourth-order valence-electron chi connectivity index (χ4n) is 0.903. The Morgan fingerprint density at radius 1 is 1.27 bits per heavy atom. The number of nitrogens with one attached hydrogen (secondary N) is 1. The van der Waals surface area contributed by atoms with Gasteiger partial charge in [0, 0.05) is 23.0 Å². The highest BCUT2D eigenvalue weighted by Crippen LogP contribution is 2.27. The molecular formula is C9H19F3N2S. The number of alkyl halides is 3. The van der Waals surface area contributed by atoms with Crippen LogP contribution in [0.4, 0.5) is 13.2 Å². The lowest BCUT2D eigenvalue weighted by molar-refractivity contribution is -0.136. The maximum absolute atomic E-state index is 12.0. The average Bonchev–Trinajstić information content (AvgIpc) is 2.00. The zero-order chi connectivity index (χ0) is 12.1. The van der Waals surface area contributed by atoms with E-state index in [1.807, 2.05) is 20.8 Å². The van der Waals surface area contributed by atoms with Gasteiger partial charge in [0.2, 0.25) is 0 Å². The Bertz CT molecular complexity index is 159. The zero-order valence-corrected chi connectivity index (χ0v) is 10.1. The minimum atomic E-state index is -4.10. The van der Waals surface area contributed by atoms with Crippen LogP contribution in [-0.4, -0.2) is 22.7 Å². The van der Waals surface area contributed by atoms with Crippen molar-refractivity contribution in [3.8, 4) is 0 Å². The average molecular weight is 244 g/mol. The summed E-state index contributed by atoms with van der Waals surface area (Å²) in [4.78, 5) is 0. The van der Waals surface area contributed by atoms with Crippen molar-refractivity contribution in [3.05, 3.63) is 0 Å². The molecule has 3 N–H and O–H groups in total. The Kier molecular flexibility index (Phi) is 5.98. The van der Waals surface area contributed by atoms with Crippen LogP contribution in [0, 0.1) is 0 Å². The lowest BCUT2D eigenvalue weighted by Gasteiger charge is -2.22. The second-order valence-electron chi connectivity index (χ2n) is 4.44. The maximum atomic E-state index is 12.0. The molecule has 1 unspecified atom stereocenters. The Morgan fingerprint density at radius 2 is 1.80 bits per heavy atom. The fraction of sp³-hybridized carbons (Fsp3) is 1.00. The Morgan fingerprint density at radius 3 is 2.13 bits per heavy atom. The van der Waals surface area contributed by atoms with Crippen molar-refractivity contribution in [1.82, 2.24) is 5.43 Å². The molecule has 0 aliphatic carbocycles. The van der Waals surface area contributed by atoms with E-state index in [1.165, 1.54) is 0 Å². The van der Waals surface area contributed by atoms with Crippen molar-refractivity contribution in [2.75, 3.05) is 5.75 Å². The van der Waals surface area contributed by atoms with Crippen LogP contribution < -0.4 is 11.3 Å². The van der Waals surface area contributed by atoms with Crippen LogP contribution in [0.3, 0.4) is 0 Å². The smallest absolute Gasteiger partial charge is 0.271 e. The number of hydrogen-bond acceptors (Lipinski definition) is 3. The van der Waals surface area contributed by atoms with E-state index in [0.717, 1.165) is 0 Å². The summed E-state index contributed by atoms with van der Waals surface area (Å²) in [7, 11) is 0. The summed E-state index contributed by atoms with van der Waals surface area (Å²) in [5.41, 5.74) is 2.43. The fourth-order valence-corrected chi connectivity index (χ4v) is 1.87. The normalized spacial score (nSPS) is 15.4. The molecule has 6 heteroatoms. The van der Waals surface area contributed by atoms with Crippen LogP contribution in [0.5, 0.6) is 0 Å². The molecule has 0 saturated heterocycles. The van der Waals surface area contributed by atoms with Crippen LogP contribution in [0.25, 0.3) is 0 Å². The second kappa shape index (κ2) is 5.96. The van der Waals surface area contributed by atoms with Crippen LogP contribution in [-0.2, 0) is 0 Å². The van der Waals surface area contributed by atoms with E-state index in [0.29, 0.717) is 5.75 Å². The van der Waals surface area contributed by atoms with Gasteiger partial charge in [0.15, 0.2) is 0 Å². The predicted molar refractivity (Wildman–Crippen MR) is 58.6 cm³/mol. The SMILES string of the molecule is CC(C)(C)SCC(CCC(F)(F)F)NN. The molecule has 2 nitrogen and oxygen atoms in total. The zero-order valence-electron chi connectivity index (χ0n) is 9.32. The van der Waals surface area contributed by atoms with Gasteiger partial charge < -0.3 is 0 Å². The van der Waals surface area contributed by atoms with Gasteiger partial charge in [0.25, 0.3) is 0 Å². The van der Waals surface area contributed by atoms with Gasteiger partial charge in [-0.2, -0.15) is 24.9 Å². The first kappa shape index (κ1) is 15.1. The van der Waals surface area contributed by atoms with Crippen LogP contribution in [0.2, 0.25) is 0 Å². The first-order chi connectivity index (χ1) is 6.64. The summed E-state index contributed by atoms with van der Waals surface area (Å²) in [6.45, 7) is 6.07. The van der Waals surface area contributed by atoms with E-state index in [9.17, 15) is 13.2 Å². The molecule has 0 aliphatic rings. The monoisotopic (exact) mass is 244 g/mol. The van der Waals surface area contributed by atoms with Crippen LogP contribution in [0.15, 0.2) is 0 Å². The van der Waals surface area contributed by atoms with Crippen LogP contribution >= 0.6 is 11.8 Å². The molecule has 1 atom stereocenters. The third-order valence-corrected chi connectivity index (χ3v) is 3.16. The van der Waals surface area contributed by atoms with Gasteiger partial charge >= 0.3 is 6.18 Å². The second-order valence-corrected chi connectivity index (χ2v) is 6.29. The Hall–Kier alpha value is 0.0600. The predicted octanol–water partition coefficient (Wildman–Crippen LogP) is 2.69. The molecule has 0 saturated carbocycles. The topological polar surface area (TPSA) is 38.0 Å². The van der Waals surface area contributed by atoms with E-state index < -0.39 is 12.6 Å². The number of rotatable bonds is 5. The number of hydrogen-bond donors (Lipinski definition) is 2. The van der Waals surface area contributed by atoms with Gasteiger partial charge in [-0.3, -0.25) is 11.3 Å². The molecule has 0 heterocycles. The Balaban J connectivity index is 3.84. The van der Waals surface area contributed by atoms with Gasteiger partial charge in [0.05, 0.1) is 0 Å². The molecule has 0 radical (unpaired) electrons. The van der Waals surface area contributed by atoms with Gasteiger partial charge in [-0.1, -0.05) is 20.8 Å². The summed E-state index contributed by atoms with van der Waals surface area (Å²) in [6, 6.07) is -0.282. The van der Waals surface area contributed by atoms with Crippen molar-refractivity contribution in [2.45, 2.75) is 50.6 Å². The Labute approximate surface area is 93.1 Å². The molecule has 15 heavy (non-hydrogen) atoms. The van der Waals surface area contributed by atoms with E-state index in [1.54, 1.807) is 11.8 Å². The molecule has 0 spiro atoms. The first-order valence-electron chi connectivity index (χ1n) is 4.81. The van der Waals surface area contributed by atoms with Crippen molar-refractivity contribution in [1.29, 1.82) is 0 Å². The molecule has 0 aromatic heterocycles. The van der Waals surface area contributed by atoms with Gasteiger partial charge in [-0.15, -0.1) is 0 Å². The molecule has 92 valence electrons. The number of thioether (sulfide) groups is 1. The molecular weight excluding hydrogens is 225 g/mol. The molecule has 0 fully saturated rings. The number of nitrogens with two attached hydrogens (primary N) is 1. The number of hydrazine groups is 1. The highest BCUT2D eigenvalue weighted by Gasteiger charge is 2.28. The summed E-state index contributed by atoms with van der Waals surface area (Å²) in [5.74, 6) is 5.79. The highest BCUT2D eigenvalue weighted by atomic mass is 32.2. The molecule has 0 aromatic carbocycles. The van der Waals surface area contributed by atoms with Crippen molar-refractivity contribution < 1.29 is 13.2 Å². The highest BCUT2D eigenvalue weighted by molar-refractivity contribution is 8.00. The molecule has 0 amide bonds. The van der Waals surface area contributed by atoms with E-state index in [-0.39, 0.29) is 17.2 Å². The minimum absolute atomic E-state index is 0.0308. The van der Waals surface area contributed by atoms with Crippen molar-refractivity contribution >= 4 is 11.8 Å². The minimum Gasteiger partial charge on any atom is -0.271 e. The summed E-state index contributed by atoms with van der Waals surface area (Å²) in [6.07, 6.45) is -4.85. The van der Waals surface area contributed by atoms with Crippen molar-refractivity contribution in [2.24, 2.45) is 5.84 Å². The van der Waals surface area contributed by atoms with E-state index >= 15 is 0 Å². The molecule has 0 rings (SSSR count).